The smallest absolute Gasteiger partial charge is 0.0649 e. The summed E-state index contributed by atoms with van der Waals surface area (Å²) < 4.78 is 11.1. The average molecular weight is 172 g/mol. The van der Waals surface area contributed by atoms with Crippen molar-refractivity contribution in [2.75, 3.05) is 19.8 Å². The van der Waals surface area contributed by atoms with Crippen molar-refractivity contribution >= 4 is 0 Å². The van der Waals surface area contributed by atoms with Crippen LogP contribution < -0.4 is 0 Å². The van der Waals surface area contributed by atoms with Crippen LogP contribution >= 0.6 is 0 Å². The van der Waals surface area contributed by atoms with Crippen LogP contribution in [0.3, 0.4) is 0 Å². The molecular weight excluding hydrogens is 152 g/mol. The van der Waals surface area contributed by atoms with Crippen LogP contribution in [-0.2, 0) is 9.47 Å². The van der Waals surface area contributed by atoms with Crippen LogP contribution in [0.15, 0.2) is 0 Å². The summed E-state index contributed by atoms with van der Waals surface area (Å²) in [4.78, 5) is 0. The van der Waals surface area contributed by atoms with Gasteiger partial charge in [0.1, 0.15) is 0 Å². The highest BCUT2D eigenvalue weighted by Gasteiger charge is 2.28. The fourth-order valence-corrected chi connectivity index (χ4v) is 1.78. The van der Waals surface area contributed by atoms with Crippen molar-refractivity contribution in [3.05, 3.63) is 0 Å². The molecule has 0 aromatic heterocycles. The van der Waals surface area contributed by atoms with E-state index in [0.717, 1.165) is 26.2 Å². The maximum Gasteiger partial charge on any atom is 0.0649 e. The van der Waals surface area contributed by atoms with E-state index < -0.39 is 0 Å². The SMILES string of the molecule is CCO[C@H]1CCOC[C@@H]1C(C)C. The van der Waals surface area contributed by atoms with E-state index in [4.69, 9.17) is 9.47 Å². The Bertz CT molecular complexity index is 121. The minimum atomic E-state index is 0.434. The van der Waals surface area contributed by atoms with Crippen molar-refractivity contribution in [2.45, 2.75) is 33.3 Å². The molecule has 0 bridgehead atoms. The Morgan fingerprint density at radius 1 is 1.50 bits per heavy atom. The summed E-state index contributed by atoms with van der Waals surface area (Å²) in [6.45, 7) is 9.12. The Morgan fingerprint density at radius 3 is 2.83 bits per heavy atom. The summed E-state index contributed by atoms with van der Waals surface area (Å²) in [6, 6.07) is 0. The minimum absolute atomic E-state index is 0.434. The van der Waals surface area contributed by atoms with Crippen LogP contribution in [0.5, 0.6) is 0 Å². The lowest BCUT2D eigenvalue weighted by atomic mass is 9.88. The predicted octanol–water partition coefficient (Wildman–Crippen LogP) is 2.08. The van der Waals surface area contributed by atoms with Gasteiger partial charge in [-0.3, -0.25) is 0 Å². The van der Waals surface area contributed by atoms with E-state index in [-0.39, 0.29) is 0 Å². The highest BCUT2D eigenvalue weighted by Crippen LogP contribution is 2.24. The van der Waals surface area contributed by atoms with Crippen molar-refractivity contribution in [2.24, 2.45) is 11.8 Å². The second-order valence-corrected chi connectivity index (χ2v) is 3.77. The molecule has 0 unspecified atom stereocenters. The molecule has 12 heavy (non-hydrogen) atoms. The first-order valence-electron chi connectivity index (χ1n) is 4.95. The molecule has 72 valence electrons. The molecule has 0 N–H and O–H groups in total. The van der Waals surface area contributed by atoms with Crippen LogP contribution in [0.1, 0.15) is 27.2 Å². The second-order valence-electron chi connectivity index (χ2n) is 3.77. The van der Waals surface area contributed by atoms with Gasteiger partial charge in [-0.25, -0.2) is 0 Å². The van der Waals surface area contributed by atoms with Gasteiger partial charge in [0.25, 0.3) is 0 Å². The molecule has 0 amide bonds. The number of hydrogen-bond donors (Lipinski definition) is 0. The molecular formula is C10H20O2. The Kier molecular flexibility index (Phi) is 4.02. The van der Waals surface area contributed by atoms with Crippen molar-refractivity contribution in [3.63, 3.8) is 0 Å². The van der Waals surface area contributed by atoms with Crippen molar-refractivity contribution < 1.29 is 9.47 Å². The molecule has 0 aromatic rings. The summed E-state index contributed by atoms with van der Waals surface area (Å²) >= 11 is 0. The van der Waals surface area contributed by atoms with Gasteiger partial charge >= 0.3 is 0 Å². The summed E-state index contributed by atoms with van der Waals surface area (Å²) in [5.74, 6) is 1.26. The highest BCUT2D eigenvalue weighted by atomic mass is 16.5. The van der Waals surface area contributed by atoms with Crippen molar-refractivity contribution in [1.82, 2.24) is 0 Å². The van der Waals surface area contributed by atoms with E-state index in [9.17, 15) is 0 Å². The Balaban J connectivity index is 2.42. The molecule has 1 aliphatic heterocycles. The van der Waals surface area contributed by atoms with E-state index in [1.807, 2.05) is 0 Å². The first kappa shape index (κ1) is 10.0. The Hall–Kier alpha value is -0.0800. The summed E-state index contributed by atoms with van der Waals surface area (Å²) in [7, 11) is 0. The molecule has 0 saturated carbocycles. The van der Waals surface area contributed by atoms with E-state index in [1.54, 1.807) is 0 Å². The normalized spacial score (nSPS) is 31.0. The van der Waals surface area contributed by atoms with Crippen molar-refractivity contribution in [3.8, 4) is 0 Å². The first-order chi connectivity index (χ1) is 5.75. The molecule has 0 aromatic carbocycles. The average Bonchev–Trinajstić information content (AvgIpc) is 2.05. The van der Waals surface area contributed by atoms with Crippen molar-refractivity contribution in [1.29, 1.82) is 0 Å². The van der Waals surface area contributed by atoms with Gasteiger partial charge in [0, 0.05) is 19.1 Å². The van der Waals surface area contributed by atoms with Gasteiger partial charge < -0.3 is 9.47 Å². The lowest BCUT2D eigenvalue weighted by Crippen LogP contribution is -2.37. The summed E-state index contributed by atoms with van der Waals surface area (Å²) in [5.41, 5.74) is 0. The zero-order valence-electron chi connectivity index (χ0n) is 8.38. The Morgan fingerprint density at radius 2 is 2.25 bits per heavy atom. The summed E-state index contributed by atoms with van der Waals surface area (Å²) in [6.07, 6.45) is 1.50. The second kappa shape index (κ2) is 4.83. The number of hydrogen-bond acceptors (Lipinski definition) is 2. The maximum absolute atomic E-state index is 5.68. The molecule has 0 spiro atoms. The van der Waals surface area contributed by atoms with Crippen LogP contribution in [0.4, 0.5) is 0 Å². The Labute approximate surface area is 75.2 Å². The van der Waals surface area contributed by atoms with E-state index in [2.05, 4.69) is 20.8 Å². The topological polar surface area (TPSA) is 18.5 Å². The van der Waals surface area contributed by atoms with E-state index in [0.29, 0.717) is 17.9 Å². The van der Waals surface area contributed by atoms with Crippen LogP contribution in [-0.4, -0.2) is 25.9 Å². The molecule has 1 saturated heterocycles. The molecule has 0 aliphatic carbocycles. The highest BCUT2D eigenvalue weighted by molar-refractivity contribution is 4.76. The zero-order chi connectivity index (χ0) is 8.97. The van der Waals surface area contributed by atoms with Gasteiger partial charge in [0.15, 0.2) is 0 Å². The maximum atomic E-state index is 5.68. The number of rotatable bonds is 3. The predicted molar refractivity (Wildman–Crippen MR) is 49.2 cm³/mol. The standard InChI is InChI=1S/C10H20O2/c1-4-12-10-5-6-11-7-9(10)8(2)3/h8-10H,4-7H2,1-3H3/t9-,10+/m1/s1. The van der Waals surface area contributed by atoms with Crippen LogP contribution in [0, 0.1) is 11.8 Å². The quantitative estimate of drug-likeness (QED) is 0.649. The van der Waals surface area contributed by atoms with Crippen LogP contribution in [0.25, 0.3) is 0 Å². The zero-order valence-corrected chi connectivity index (χ0v) is 8.38. The lowest BCUT2D eigenvalue weighted by Gasteiger charge is -2.33. The van der Waals surface area contributed by atoms with Gasteiger partial charge in [-0.15, -0.1) is 0 Å². The summed E-state index contributed by atoms with van der Waals surface area (Å²) in [5, 5.41) is 0. The molecule has 1 rings (SSSR count). The van der Waals surface area contributed by atoms with Gasteiger partial charge in [0.05, 0.1) is 12.7 Å². The fraction of sp³-hybridized carbons (Fsp3) is 1.00. The molecule has 2 nitrogen and oxygen atoms in total. The molecule has 1 heterocycles. The third kappa shape index (κ3) is 2.46. The number of ether oxygens (including phenoxy) is 2. The first-order valence-corrected chi connectivity index (χ1v) is 4.95. The third-order valence-corrected chi connectivity index (χ3v) is 2.57. The van der Waals surface area contributed by atoms with E-state index >= 15 is 0 Å². The lowest BCUT2D eigenvalue weighted by molar-refractivity contribution is -0.0844. The third-order valence-electron chi connectivity index (χ3n) is 2.57. The molecule has 1 aliphatic rings. The molecule has 1 fully saturated rings. The molecule has 2 atom stereocenters. The fourth-order valence-electron chi connectivity index (χ4n) is 1.78. The molecule has 2 heteroatoms. The largest absolute Gasteiger partial charge is 0.381 e. The van der Waals surface area contributed by atoms with Gasteiger partial charge in [-0.1, -0.05) is 13.8 Å². The van der Waals surface area contributed by atoms with Gasteiger partial charge in [-0.2, -0.15) is 0 Å². The van der Waals surface area contributed by atoms with Crippen LogP contribution in [0.2, 0.25) is 0 Å². The monoisotopic (exact) mass is 172 g/mol. The minimum Gasteiger partial charge on any atom is -0.381 e. The van der Waals surface area contributed by atoms with E-state index in [1.165, 1.54) is 0 Å². The van der Waals surface area contributed by atoms with Gasteiger partial charge in [0.2, 0.25) is 0 Å². The van der Waals surface area contributed by atoms with Gasteiger partial charge in [-0.05, 0) is 19.3 Å². The molecule has 0 radical (unpaired) electrons.